The quantitative estimate of drug-likeness (QED) is 0.674. The number of rotatable bonds is 2. The molecule has 0 nitrogen and oxygen atoms in total. The molecule has 2 aromatic rings. The van der Waals surface area contributed by atoms with Crippen molar-refractivity contribution in [3.05, 3.63) is 59.7 Å². The van der Waals surface area contributed by atoms with Crippen molar-refractivity contribution in [1.82, 2.24) is 0 Å². The van der Waals surface area contributed by atoms with E-state index in [2.05, 4.69) is 62.4 Å². The molecule has 0 aliphatic heterocycles. The van der Waals surface area contributed by atoms with Crippen LogP contribution in [0.15, 0.2) is 48.5 Å². The smallest absolute Gasteiger partial charge is 0.0152 e. The van der Waals surface area contributed by atoms with Gasteiger partial charge in [-0.25, -0.2) is 0 Å². The fourth-order valence-corrected chi connectivity index (χ4v) is 1.92. The maximum atomic E-state index is 2.24. The van der Waals surface area contributed by atoms with Crippen LogP contribution in [-0.2, 0) is 6.42 Å². The van der Waals surface area contributed by atoms with Crippen LogP contribution in [0, 0.1) is 6.92 Å². The second kappa shape index (κ2) is 4.31. The van der Waals surface area contributed by atoms with E-state index in [4.69, 9.17) is 0 Å². The van der Waals surface area contributed by atoms with Crippen LogP contribution in [-0.4, -0.2) is 0 Å². The van der Waals surface area contributed by atoms with Crippen molar-refractivity contribution < 1.29 is 0 Å². The molecule has 2 rings (SSSR count). The lowest BCUT2D eigenvalue weighted by Gasteiger charge is -2.08. The van der Waals surface area contributed by atoms with Crippen molar-refractivity contribution in [3.63, 3.8) is 0 Å². The van der Waals surface area contributed by atoms with Gasteiger partial charge in [0.15, 0.2) is 0 Å². The standard InChI is InChI=1S/C15H16/c1-3-13-8-4-5-10-15(13)14-9-6-7-12(2)11-14/h4-11H,3H2,1-2H3. The number of hydrogen-bond acceptors (Lipinski definition) is 0. The fraction of sp³-hybridized carbons (Fsp3) is 0.200. The Morgan fingerprint density at radius 1 is 0.933 bits per heavy atom. The first-order valence-corrected chi connectivity index (χ1v) is 5.46. The van der Waals surface area contributed by atoms with Crippen LogP contribution in [0.25, 0.3) is 11.1 Å². The van der Waals surface area contributed by atoms with E-state index < -0.39 is 0 Å². The van der Waals surface area contributed by atoms with E-state index in [9.17, 15) is 0 Å². The molecule has 0 spiro atoms. The van der Waals surface area contributed by atoms with E-state index in [1.165, 1.54) is 22.3 Å². The van der Waals surface area contributed by atoms with E-state index in [0.29, 0.717) is 0 Å². The molecule has 76 valence electrons. The highest BCUT2D eigenvalue weighted by Gasteiger charge is 2.01. The average Bonchev–Trinajstić information content (AvgIpc) is 2.29. The van der Waals surface area contributed by atoms with Gasteiger partial charge >= 0.3 is 0 Å². The molecule has 0 aliphatic carbocycles. The third kappa shape index (κ3) is 2.10. The van der Waals surface area contributed by atoms with Gasteiger partial charge in [-0.2, -0.15) is 0 Å². The van der Waals surface area contributed by atoms with Gasteiger partial charge in [0.2, 0.25) is 0 Å². The molecule has 0 radical (unpaired) electrons. The fourth-order valence-electron chi connectivity index (χ4n) is 1.92. The second-order valence-corrected chi connectivity index (χ2v) is 3.88. The van der Waals surface area contributed by atoms with Crippen molar-refractivity contribution in [2.45, 2.75) is 20.3 Å². The summed E-state index contributed by atoms with van der Waals surface area (Å²) in [7, 11) is 0. The molecule has 0 heterocycles. The van der Waals surface area contributed by atoms with E-state index in [-0.39, 0.29) is 0 Å². The molecule has 0 heteroatoms. The lowest BCUT2D eigenvalue weighted by Crippen LogP contribution is -1.87. The summed E-state index contributed by atoms with van der Waals surface area (Å²) in [5.41, 5.74) is 5.43. The lowest BCUT2D eigenvalue weighted by atomic mass is 9.97. The van der Waals surface area contributed by atoms with E-state index in [1.807, 2.05) is 0 Å². The summed E-state index contributed by atoms with van der Waals surface area (Å²) in [5, 5.41) is 0. The first-order chi connectivity index (χ1) is 7.31. The Kier molecular flexibility index (Phi) is 2.86. The normalized spacial score (nSPS) is 10.3. The molecular formula is C15H16. The van der Waals surface area contributed by atoms with Gasteiger partial charge in [0, 0.05) is 0 Å². The zero-order valence-electron chi connectivity index (χ0n) is 9.33. The summed E-state index contributed by atoms with van der Waals surface area (Å²) >= 11 is 0. The van der Waals surface area contributed by atoms with Crippen LogP contribution in [0.5, 0.6) is 0 Å². The maximum Gasteiger partial charge on any atom is -0.0152 e. The highest BCUT2D eigenvalue weighted by molar-refractivity contribution is 5.67. The summed E-state index contributed by atoms with van der Waals surface area (Å²) in [6, 6.07) is 17.3. The Morgan fingerprint density at radius 3 is 2.47 bits per heavy atom. The van der Waals surface area contributed by atoms with E-state index in [1.54, 1.807) is 0 Å². The molecule has 0 fully saturated rings. The van der Waals surface area contributed by atoms with E-state index >= 15 is 0 Å². The van der Waals surface area contributed by atoms with Gasteiger partial charge < -0.3 is 0 Å². The molecule has 15 heavy (non-hydrogen) atoms. The topological polar surface area (TPSA) is 0 Å². The van der Waals surface area contributed by atoms with Crippen LogP contribution >= 0.6 is 0 Å². The molecule has 0 amide bonds. The maximum absolute atomic E-state index is 2.24. The Bertz CT molecular complexity index is 455. The molecule has 0 atom stereocenters. The first kappa shape index (κ1) is 9.97. The minimum Gasteiger partial charge on any atom is -0.0620 e. The van der Waals surface area contributed by atoms with E-state index in [0.717, 1.165) is 6.42 Å². The van der Waals surface area contributed by atoms with Gasteiger partial charge in [0.25, 0.3) is 0 Å². The summed E-state index contributed by atoms with van der Waals surface area (Å²) < 4.78 is 0. The summed E-state index contributed by atoms with van der Waals surface area (Å²) in [5.74, 6) is 0. The van der Waals surface area contributed by atoms with Crippen molar-refractivity contribution >= 4 is 0 Å². The molecule has 2 aromatic carbocycles. The molecular weight excluding hydrogens is 180 g/mol. The predicted molar refractivity (Wildman–Crippen MR) is 66.0 cm³/mol. The van der Waals surface area contributed by atoms with Crippen molar-refractivity contribution in [3.8, 4) is 11.1 Å². The van der Waals surface area contributed by atoms with Crippen LogP contribution in [0.3, 0.4) is 0 Å². The SMILES string of the molecule is CCc1ccccc1-c1cccc(C)c1. The third-order valence-electron chi connectivity index (χ3n) is 2.73. The molecule has 0 aromatic heterocycles. The van der Waals surface area contributed by atoms with Crippen molar-refractivity contribution in [1.29, 1.82) is 0 Å². The lowest BCUT2D eigenvalue weighted by molar-refractivity contribution is 1.14. The summed E-state index contributed by atoms with van der Waals surface area (Å²) in [6.45, 7) is 4.34. The average molecular weight is 196 g/mol. The molecule has 0 bridgehead atoms. The second-order valence-electron chi connectivity index (χ2n) is 3.88. The number of hydrogen-bond donors (Lipinski definition) is 0. The molecule has 0 N–H and O–H groups in total. The zero-order chi connectivity index (χ0) is 10.7. The van der Waals surface area contributed by atoms with Gasteiger partial charge in [-0.3, -0.25) is 0 Å². The van der Waals surface area contributed by atoms with Crippen LogP contribution in [0.1, 0.15) is 18.1 Å². The third-order valence-corrected chi connectivity index (χ3v) is 2.73. The zero-order valence-corrected chi connectivity index (χ0v) is 9.33. The van der Waals surface area contributed by atoms with Crippen LogP contribution in [0.2, 0.25) is 0 Å². The Labute approximate surface area is 91.6 Å². The first-order valence-electron chi connectivity index (χ1n) is 5.46. The van der Waals surface area contributed by atoms with Crippen LogP contribution < -0.4 is 0 Å². The van der Waals surface area contributed by atoms with Gasteiger partial charge in [-0.1, -0.05) is 61.0 Å². The van der Waals surface area contributed by atoms with Gasteiger partial charge in [0.05, 0.1) is 0 Å². The van der Waals surface area contributed by atoms with Crippen molar-refractivity contribution in [2.24, 2.45) is 0 Å². The number of benzene rings is 2. The monoisotopic (exact) mass is 196 g/mol. The molecule has 0 saturated carbocycles. The Morgan fingerprint density at radius 2 is 1.73 bits per heavy atom. The molecule has 0 saturated heterocycles. The minimum absolute atomic E-state index is 1.09. The Balaban J connectivity index is 2.53. The highest BCUT2D eigenvalue weighted by Crippen LogP contribution is 2.24. The Hall–Kier alpha value is -1.56. The largest absolute Gasteiger partial charge is 0.0620 e. The minimum atomic E-state index is 1.09. The van der Waals surface area contributed by atoms with Gasteiger partial charge in [-0.15, -0.1) is 0 Å². The van der Waals surface area contributed by atoms with Crippen LogP contribution in [0.4, 0.5) is 0 Å². The summed E-state index contributed by atoms with van der Waals surface area (Å²) in [6.07, 6.45) is 1.09. The molecule has 0 unspecified atom stereocenters. The van der Waals surface area contributed by atoms with Gasteiger partial charge in [-0.05, 0) is 30.0 Å². The predicted octanol–water partition coefficient (Wildman–Crippen LogP) is 4.22. The van der Waals surface area contributed by atoms with Crippen molar-refractivity contribution in [2.75, 3.05) is 0 Å². The number of aryl methyl sites for hydroxylation is 2. The summed E-state index contributed by atoms with van der Waals surface area (Å²) in [4.78, 5) is 0. The highest BCUT2D eigenvalue weighted by atomic mass is 14.1. The van der Waals surface area contributed by atoms with Gasteiger partial charge in [0.1, 0.15) is 0 Å². The molecule has 0 aliphatic rings.